The minimum Gasteiger partial charge on any atom is -0.380 e. The fourth-order valence-corrected chi connectivity index (χ4v) is 7.05. The van der Waals surface area contributed by atoms with Crippen LogP contribution in [0.25, 0.3) is 0 Å². The molecule has 5 rings (SSSR count). The maximum absolute atomic E-state index is 5.74. The third-order valence-electron chi connectivity index (χ3n) is 10.0. The second-order valence-corrected chi connectivity index (χ2v) is 11.9. The van der Waals surface area contributed by atoms with Gasteiger partial charge in [-0.1, -0.05) is 26.7 Å². The first kappa shape index (κ1) is 24.4. The summed E-state index contributed by atoms with van der Waals surface area (Å²) in [5.41, 5.74) is 5.21. The average Bonchev–Trinajstić information content (AvgIpc) is 3.73. The Morgan fingerprint density at radius 2 is 1.62 bits per heavy atom. The zero-order valence-corrected chi connectivity index (χ0v) is 22.2. The molecule has 0 bridgehead atoms. The molecule has 0 amide bonds. The van der Waals surface area contributed by atoms with Crippen molar-refractivity contribution in [3.63, 3.8) is 0 Å². The number of anilines is 2. The van der Waals surface area contributed by atoms with E-state index in [0.29, 0.717) is 17.4 Å². The van der Waals surface area contributed by atoms with Gasteiger partial charge in [0.1, 0.15) is 0 Å². The Hall–Kier alpha value is -1.26. The van der Waals surface area contributed by atoms with Crippen molar-refractivity contribution in [3.8, 4) is 0 Å². The van der Waals surface area contributed by atoms with E-state index < -0.39 is 0 Å². The topological polar surface area (TPSA) is 19.0 Å². The standard InChI is InChI=1S/C30H49N3O/c1-4-30(5-2)14-12-25(13-15-30)28-21-26(33-16-6-7-27(23-33)34-3)10-11-29(28)32-19-17-31(18-20-32)22-24-8-9-24/h10-11,21,24-25,27H,4-9,12-20,22-23H2,1-3H3/t27-/m0/s1. The first-order chi connectivity index (χ1) is 16.6. The van der Waals surface area contributed by atoms with Gasteiger partial charge in [-0.05, 0) is 92.4 Å². The maximum atomic E-state index is 5.74. The molecule has 0 radical (unpaired) electrons. The van der Waals surface area contributed by atoms with Crippen molar-refractivity contribution in [2.45, 2.75) is 90.1 Å². The summed E-state index contributed by atoms with van der Waals surface area (Å²) in [5, 5.41) is 0. The van der Waals surface area contributed by atoms with E-state index in [1.165, 1.54) is 103 Å². The summed E-state index contributed by atoms with van der Waals surface area (Å²) in [4.78, 5) is 8.03. The van der Waals surface area contributed by atoms with Gasteiger partial charge in [0, 0.05) is 64.3 Å². The Morgan fingerprint density at radius 1 is 0.882 bits per heavy atom. The molecule has 0 aromatic heterocycles. The second-order valence-electron chi connectivity index (χ2n) is 11.9. The molecule has 0 N–H and O–H groups in total. The van der Waals surface area contributed by atoms with E-state index in [1.807, 2.05) is 7.11 Å². The first-order valence-corrected chi connectivity index (χ1v) is 14.5. The fraction of sp³-hybridized carbons (Fsp3) is 0.800. The predicted molar refractivity (Wildman–Crippen MR) is 144 cm³/mol. The van der Waals surface area contributed by atoms with Crippen LogP contribution in [0, 0.1) is 11.3 Å². The van der Waals surface area contributed by atoms with Crippen molar-refractivity contribution in [3.05, 3.63) is 23.8 Å². The lowest BCUT2D eigenvalue weighted by atomic mass is 9.66. The average molecular weight is 468 g/mol. The Labute approximate surface area is 209 Å². The minimum absolute atomic E-state index is 0.376. The number of benzene rings is 1. The summed E-state index contributed by atoms with van der Waals surface area (Å²) in [6, 6.07) is 7.50. The van der Waals surface area contributed by atoms with Crippen molar-refractivity contribution in [2.75, 3.05) is 62.7 Å². The summed E-state index contributed by atoms with van der Waals surface area (Å²) in [7, 11) is 1.88. The molecule has 2 aliphatic carbocycles. The van der Waals surface area contributed by atoms with Crippen LogP contribution in [-0.4, -0.2) is 63.9 Å². The van der Waals surface area contributed by atoms with Crippen molar-refractivity contribution < 1.29 is 4.74 Å². The number of ether oxygens (including phenoxy) is 1. The molecule has 1 atom stereocenters. The summed E-state index contributed by atoms with van der Waals surface area (Å²) in [6.45, 7) is 13.2. The number of hydrogen-bond acceptors (Lipinski definition) is 4. The lowest BCUT2D eigenvalue weighted by Crippen LogP contribution is -2.47. The number of piperazine rings is 1. The molecule has 0 spiro atoms. The van der Waals surface area contributed by atoms with Crippen LogP contribution in [-0.2, 0) is 4.74 Å². The van der Waals surface area contributed by atoms with Crippen molar-refractivity contribution in [2.24, 2.45) is 11.3 Å². The molecule has 4 aliphatic rings. The third-order valence-corrected chi connectivity index (χ3v) is 10.0. The molecule has 0 unspecified atom stereocenters. The number of rotatable bonds is 8. The summed E-state index contributed by atoms with van der Waals surface area (Å²) in [5.74, 6) is 1.72. The number of hydrogen-bond donors (Lipinski definition) is 0. The quantitative estimate of drug-likeness (QED) is 0.447. The van der Waals surface area contributed by atoms with Gasteiger partial charge in [0.2, 0.25) is 0 Å². The van der Waals surface area contributed by atoms with E-state index in [1.54, 1.807) is 11.3 Å². The van der Waals surface area contributed by atoms with E-state index >= 15 is 0 Å². The van der Waals surface area contributed by atoms with E-state index in [2.05, 4.69) is 46.7 Å². The molecule has 1 aromatic rings. The highest BCUT2D eigenvalue weighted by molar-refractivity contribution is 5.64. The van der Waals surface area contributed by atoms with Gasteiger partial charge in [-0.3, -0.25) is 4.90 Å². The molecule has 2 saturated heterocycles. The SMILES string of the molecule is CCC1(CC)CCC(c2cc(N3CCC[C@H](OC)C3)ccc2N2CCN(CC3CC3)CC2)CC1. The molecule has 4 nitrogen and oxygen atoms in total. The minimum atomic E-state index is 0.376. The van der Waals surface area contributed by atoms with E-state index in [0.717, 1.165) is 19.0 Å². The van der Waals surface area contributed by atoms with Crippen LogP contribution in [0.15, 0.2) is 18.2 Å². The Balaban J connectivity index is 1.35. The number of piperidine rings is 1. The van der Waals surface area contributed by atoms with Crippen molar-refractivity contribution >= 4 is 11.4 Å². The van der Waals surface area contributed by atoms with Gasteiger partial charge in [0.25, 0.3) is 0 Å². The van der Waals surface area contributed by atoms with Crippen LogP contribution in [0.4, 0.5) is 11.4 Å². The van der Waals surface area contributed by atoms with Crippen molar-refractivity contribution in [1.82, 2.24) is 4.90 Å². The maximum Gasteiger partial charge on any atom is 0.0746 e. The van der Waals surface area contributed by atoms with E-state index in [4.69, 9.17) is 4.74 Å². The van der Waals surface area contributed by atoms with Gasteiger partial charge in [-0.25, -0.2) is 0 Å². The molecule has 4 heteroatoms. The van der Waals surface area contributed by atoms with Crippen LogP contribution >= 0.6 is 0 Å². The molecule has 2 aliphatic heterocycles. The van der Waals surface area contributed by atoms with E-state index in [-0.39, 0.29) is 0 Å². The van der Waals surface area contributed by atoms with Crippen LogP contribution < -0.4 is 9.80 Å². The van der Waals surface area contributed by atoms with Gasteiger partial charge in [0.15, 0.2) is 0 Å². The van der Waals surface area contributed by atoms with Crippen molar-refractivity contribution in [1.29, 1.82) is 0 Å². The number of methoxy groups -OCH3 is 1. The zero-order chi connectivity index (χ0) is 23.5. The molecule has 1 aromatic carbocycles. The number of nitrogens with zero attached hydrogens (tertiary/aromatic N) is 3. The van der Waals surface area contributed by atoms with Gasteiger partial charge in [0.05, 0.1) is 6.10 Å². The second kappa shape index (κ2) is 10.8. The predicted octanol–water partition coefficient (Wildman–Crippen LogP) is 6.30. The highest BCUT2D eigenvalue weighted by Gasteiger charge is 2.35. The highest BCUT2D eigenvalue weighted by Crippen LogP contribution is 2.49. The molecule has 34 heavy (non-hydrogen) atoms. The van der Waals surface area contributed by atoms with Gasteiger partial charge < -0.3 is 14.5 Å². The van der Waals surface area contributed by atoms with Crippen LogP contribution in [0.5, 0.6) is 0 Å². The first-order valence-electron chi connectivity index (χ1n) is 14.5. The Morgan fingerprint density at radius 3 is 2.26 bits per heavy atom. The van der Waals surface area contributed by atoms with E-state index in [9.17, 15) is 0 Å². The summed E-state index contributed by atoms with van der Waals surface area (Å²) >= 11 is 0. The lowest BCUT2D eigenvalue weighted by molar-refractivity contribution is 0.0893. The summed E-state index contributed by atoms with van der Waals surface area (Å²) in [6.07, 6.45) is 13.9. The summed E-state index contributed by atoms with van der Waals surface area (Å²) < 4.78 is 5.74. The monoisotopic (exact) mass is 467 g/mol. The Bertz CT molecular complexity index is 784. The molecular formula is C30H49N3O. The fourth-order valence-electron chi connectivity index (χ4n) is 7.05. The highest BCUT2D eigenvalue weighted by atomic mass is 16.5. The molecule has 4 fully saturated rings. The molecule has 2 heterocycles. The van der Waals surface area contributed by atoms with Gasteiger partial charge in [-0.15, -0.1) is 0 Å². The third kappa shape index (κ3) is 5.43. The molecule has 190 valence electrons. The molecule has 2 saturated carbocycles. The van der Waals surface area contributed by atoms with Gasteiger partial charge >= 0.3 is 0 Å². The normalized spacial score (nSPS) is 26.7. The largest absolute Gasteiger partial charge is 0.380 e. The zero-order valence-electron chi connectivity index (χ0n) is 22.2. The lowest BCUT2D eigenvalue weighted by Gasteiger charge is -2.42. The smallest absolute Gasteiger partial charge is 0.0746 e. The van der Waals surface area contributed by atoms with Crippen LogP contribution in [0.3, 0.4) is 0 Å². The molecular weight excluding hydrogens is 418 g/mol. The van der Waals surface area contributed by atoms with Crippen LogP contribution in [0.2, 0.25) is 0 Å². The van der Waals surface area contributed by atoms with Gasteiger partial charge in [-0.2, -0.15) is 0 Å². The Kier molecular flexibility index (Phi) is 7.75. The van der Waals surface area contributed by atoms with Crippen LogP contribution in [0.1, 0.15) is 89.5 Å².